The standard InChI is InChI=1S/C9H13NO/c1-5-7-8(6-2)9(10-3)11-4/h5-7H,2-3H2,1,4H3/b7-5-,9-8+. The first-order valence-electron chi connectivity index (χ1n) is 3.30. The summed E-state index contributed by atoms with van der Waals surface area (Å²) in [6.07, 6.45) is 5.43. The van der Waals surface area contributed by atoms with Crippen molar-refractivity contribution in [3.8, 4) is 0 Å². The van der Waals surface area contributed by atoms with Crippen LogP contribution in [0.5, 0.6) is 0 Å². The van der Waals surface area contributed by atoms with E-state index in [-0.39, 0.29) is 0 Å². The van der Waals surface area contributed by atoms with E-state index < -0.39 is 0 Å². The van der Waals surface area contributed by atoms with E-state index in [1.807, 2.05) is 19.1 Å². The second-order valence-corrected chi connectivity index (χ2v) is 1.83. The lowest BCUT2D eigenvalue weighted by Gasteiger charge is -2.00. The van der Waals surface area contributed by atoms with Gasteiger partial charge in [0.25, 0.3) is 0 Å². The molecule has 2 heteroatoms. The Hall–Kier alpha value is -1.31. The summed E-state index contributed by atoms with van der Waals surface area (Å²) in [5, 5.41) is 0. The molecule has 0 amide bonds. The third kappa shape index (κ3) is 2.85. The van der Waals surface area contributed by atoms with Gasteiger partial charge < -0.3 is 4.74 Å². The molecule has 0 radical (unpaired) electrons. The van der Waals surface area contributed by atoms with Gasteiger partial charge in [-0.05, 0) is 13.6 Å². The maximum atomic E-state index is 4.93. The summed E-state index contributed by atoms with van der Waals surface area (Å²) in [5.74, 6) is 0.498. The Morgan fingerprint density at radius 3 is 2.45 bits per heavy atom. The molecule has 0 aliphatic rings. The zero-order chi connectivity index (χ0) is 8.69. The first-order chi connectivity index (χ1) is 5.29. The van der Waals surface area contributed by atoms with Crippen LogP contribution in [0.15, 0.2) is 41.3 Å². The van der Waals surface area contributed by atoms with Crippen molar-refractivity contribution in [1.82, 2.24) is 0 Å². The molecule has 0 aromatic heterocycles. The summed E-state index contributed by atoms with van der Waals surface area (Å²) in [7, 11) is 1.55. The molecular formula is C9H13NO. The number of hydrogen-bond acceptors (Lipinski definition) is 2. The molecular weight excluding hydrogens is 138 g/mol. The van der Waals surface area contributed by atoms with Gasteiger partial charge in [-0.3, -0.25) is 0 Å². The molecule has 60 valence electrons. The highest BCUT2D eigenvalue weighted by Gasteiger charge is 1.95. The van der Waals surface area contributed by atoms with Gasteiger partial charge in [0.1, 0.15) is 0 Å². The summed E-state index contributed by atoms with van der Waals surface area (Å²) in [5.41, 5.74) is 0.838. The summed E-state index contributed by atoms with van der Waals surface area (Å²) in [4.78, 5) is 3.68. The van der Waals surface area contributed by atoms with Crippen LogP contribution in [0.2, 0.25) is 0 Å². The Kier molecular flexibility index (Phi) is 4.82. The quantitative estimate of drug-likeness (QED) is 0.343. The van der Waals surface area contributed by atoms with E-state index >= 15 is 0 Å². The van der Waals surface area contributed by atoms with E-state index in [1.165, 1.54) is 0 Å². The maximum absolute atomic E-state index is 4.93. The fraction of sp³-hybridized carbons (Fsp3) is 0.222. The van der Waals surface area contributed by atoms with E-state index in [2.05, 4.69) is 18.3 Å². The molecule has 0 rings (SSSR count). The van der Waals surface area contributed by atoms with E-state index in [1.54, 1.807) is 13.2 Å². The molecule has 0 aliphatic heterocycles. The van der Waals surface area contributed by atoms with E-state index in [4.69, 9.17) is 4.74 Å². The van der Waals surface area contributed by atoms with Crippen LogP contribution in [0.25, 0.3) is 0 Å². The van der Waals surface area contributed by atoms with Crippen molar-refractivity contribution >= 4 is 6.72 Å². The lowest BCUT2D eigenvalue weighted by Crippen LogP contribution is -1.86. The maximum Gasteiger partial charge on any atom is 0.219 e. The third-order valence-corrected chi connectivity index (χ3v) is 1.15. The van der Waals surface area contributed by atoms with Gasteiger partial charge >= 0.3 is 0 Å². The second kappa shape index (κ2) is 5.47. The van der Waals surface area contributed by atoms with Crippen LogP contribution in [0, 0.1) is 0 Å². The van der Waals surface area contributed by atoms with Crippen LogP contribution in [-0.4, -0.2) is 13.8 Å². The number of nitrogens with zero attached hydrogens (tertiary/aromatic N) is 1. The predicted molar refractivity (Wildman–Crippen MR) is 48.6 cm³/mol. The number of hydrogen-bond donors (Lipinski definition) is 0. The Labute approximate surface area is 67.6 Å². The minimum absolute atomic E-state index is 0.498. The van der Waals surface area contributed by atoms with Gasteiger partial charge in [0.2, 0.25) is 5.88 Å². The second-order valence-electron chi connectivity index (χ2n) is 1.83. The number of methoxy groups -OCH3 is 1. The summed E-state index contributed by atoms with van der Waals surface area (Å²) >= 11 is 0. The first kappa shape index (κ1) is 9.69. The molecule has 0 aromatic rings. The van der Waals surface area contributed by atoms with Gasteiger partial charge in [-0.25, -0.2) is 4.99 Å². The smallest absolute Gasteiger partial charge is 0.219 e. The van der Waals surface area contributed by atoms with Gasteiger partial charge in [-0.1, -0.05) is 24.8 Å². The van der Waals surface area contributed by atoms with E-state index in [0.29, 0.717) is 5.88 Å². The number of rotatable bonds is 4. The molecule has 0 fully saturated rings. The highest BCUT2D eigenvalue weighted by atomic mass is 16.5. The highest BCUT2D eigenvalue weighted by Crippen LogP contribution is 2.08. The van der Waals surface area contributed by atoms with Gasteiger partial charge in [0.05, 0.1) is 7.11 Å². The topological polar surface area (TPSA) is 21.6 Å². The number of ether oxygens (including phenoxy) is 1. The van der Waals surface area contributed by atoms with Crippen molar-refractivity contribution in [3.05, 3.63) is 36.3 Å². The molecule has 2 nitrogen and oxygen atoms in total. The molecule has 0 bridgehead atoms. The van der Waals surface area contributed by atoms with Crippen molar-refractivity contribution in [2.75, 3.05) is 7.11 Å². The number of allylic oxidation sites excluding steroid dienone is 4. The molecule has 0 N–H and O–H groups in total. The van der Waals surface area contributed by atoms with Crippen LogP contribution >= 0.6 is 0 Å². The van der Waals surface area contributed by atoms with Gasteiger partial charge in [-0.2, -0.15) is 0 Å². The van der Waals surface area contributed by atoms with Gasteiger partial charge in [0.15, 0.2) is 0 Å². The first-order valence-corrected chi connectivity index (χ1v) is 3.30. The van der Waals surface area contributed by atoms with Crippen LogP contribution < -0.4 is 0 Å². The Bertz CT molecular complexity index is 202. The van der Waals surface area contributed by atoms with E-state index in [0.717, 1.165) is 5.57 Å². The van der Waals surface area contributed by atoms with Crippen molar-refractivity contribution in [3.63, 3.8) is 0 Å². The summed E-state index contributed by atoms with van der Waals surface area (Å²) in [6.45, 7) is 8.90. The third-order valence-electron chi connectivity index (χ3n) is 1.15. The molecule has 0 aliphatic carbocycles. The van der Waals surface area contributed by atoms with Crippen LogP contribution in [0.4, 0.5) is 0 Å². The molecule has 11 heavy (non-hydrogen) atoms. The lowest BCUT2D eigenvalue weighted by molar-refractivity contribution is 0.287. The largest absolute Gasteiger partial charge is 0.481 e. The SMILES string of the molecule is C=CC(/C=C\C)=C(/N=C)OC. The van der Waals surface area contributed by atoms with Crippen molar-refractivity contribution in [1.29, 1.82) is 0 Å². The Balaban J connectivity index is 4.75. The summed E-state index contributed by atoms with van der Waals surface area (Å²) < 4.78 is 4.93. The molecule has 0 unspecified atom stereocenters. The van der Waals surface area contributed by atoms with Crippen LogP contribution in [0.1, 0.15) is 6.92 Å². The van der Waals surface area contributed by atoms with E-state index in [9.17, 15) is 0 Å². The van der Waals surface area contributed by atoms with Crippen LogP contribution in [0.3, 0.4) is 0 Å². The fourth-order valence-electron chi connectivity index (χ4n) is 0.680. The molecule has 0 saturated heterocycles. The molecule has 0 spiro atoms. The molecule has 0 atom stereocenters. The normalized spacial score (nSPS) is 12.5. The zero-order valence-electron chi connectivity index (χ0n) is 7.00. The molecule has 0 aromatic carbocycles. The highest BCUT2D eigenvalue weighted by molar-refractivity contribution is 5.36. The molecule has 0 saturated carbocycles. The minimum atomic E-state index is 0.498. The van der Waals surface area contributed by atoms with Crippen molar-refractivity contribution in [2.24, 2.45) is 4.99 Å². The monoisotopic (exact) mass is 151 g/mol. The van der Waals surface area contributed by atoms with Crippen LogP contribution in [-0.2, 0) is 4.74 Å². The number of aliphatic imine (C=N–C) groups is 1. The fourth-order valence-corrected chi connectivity index (χ4v) is 0.680. The Morgan fingerprint density at radius 1 is 1.55 bits per heavy atom. The average Bonchev–Trinajstić information content (AvgIpc) is 2.05. The van der Waals surface area contributed by atoms with Crippen molar-refractivity contribution in [2.45, 2.75) is 6.92 Å². The average molecular weight is 151 g/mol. The lowest BCUT2D eigenvalue weighted by atomic mass is 10.2. The van der Waals surface area contributed by atoms with Gasteiger partial charge in [-0.15, -0.1) is 0 Å². The molecule has 0 heterocycles. The predicted octanol–water partition coefficient (Wildman–Crippen LogP) is 2.31. The zero-order valence-corrected chi connectivity index (χ0v) is 7.00. The minimum Gasteiger partial charge on any atom is -0.481 e. The van der Waals surface area contributed by atoms with Gasteiger partial charge in [0, 0.05) is 5.57 Å². The Morgan fingerprint density at radius 2 is 2.18 bits per heavy atom. The summed E-state index contributed by atoms with van der Waals surface area (Å²) in [6, 6.07) is 0. The van der Waals surface area contributed by atoms with Crippen molar-refractivity contribution < 1.29 is 4.74 Å².